The summed E-state index contributed by atoms with van der Waals surface area (Å²) in [5.41, 5.74) is 2.63. The number of amidine groups is 1. The molecule has 0 unspecified atom stereocenters. The number of carbonyl (C=O) groups excluding carboxylic acids is 2. The lowest BCUT2D eigenvalue weighted by atomic mass is 9.99. The standard InChI is InChI=1S/C21H22N2O5S/c1-12-9-10-13(2)17(11-12)19(24)15(4)28-21(25)14(3)22-20-16-7-5-6-8-18(16)29(26,27)23-20/h5-11,14-15H,1-4H3,(H,22,23)/t14-,15+/m0/s1. The summed E-state index contributed by atoms with van der Waals surface area (Å²) in [7, 11) is -3.69. The second-order valence-corrected chi connectivity index (χ2v) is 8.67. The number of nitrogens with one attached hydrogen (secondary N) is 1. The predicted octanol–water partition coefficient (Wildman–Crippen LogP) is 2.55. The van der Waals surface area contributed by atoms with Gasteiger partial charge in [0, 0.05) is 11.1 Å². The maximum Gasteiger partial charge on any atom is 0.331 e. The van der Waals surface area contributed by atoms with Crippen LogP contribution in [-0.4, -0.2) is 38.2 Å². The number of ether oxygens (including phenoxy) is 1. The van der Waals surface area contributed by atoms with Gasteiger partial charge < -0.3 is 4.74 Å². The predicted molar refractivity (Wildman–Crippen MR) is 109 cm³/mol. The van der Waals surface area contributed by atoms with E-state index >= 15 is 0 Å². The van der Waals surface area contributed by atoms with Crippen LogP contribution in [0.4, 0.5) is 0 Å². The molecule has 2 aromatic rings. The summed E-state index contributed by atoms with van der Waals surface area (Å²) in [6, 6.07) is 10.9. The fraction of sp³-hybridized carbons (Fsp3) is 0.286. The van der Waals surface area contributed by atoms with Gasteiger partial charge in [-0.05, 0) is 51.5 Å². The highest BCUT2D eigenvalue weighted by Gasteiger charge is 2.32. The molecule has 0 fully saturated rings. The number of aliphatic imine (C=N–C) groups is 1. The van der Waals surface area contributed by atoms with E-state index in [1.165, 1.54) is 19.9 Å². The molecule has 2 aromatic carbocycles. The van der Waals surface area contributed by atoms with Crippen molar-refractivity contribution in [3.05, 3.63) is 64.7 Å². The third-order valence-corrected chi connectivity index (χ3v) is 6.04. The van der Waals surface area contributed by atoms with E-state index in [1.54, 1.807) is 24.3 Å². The van der Waals surface area contributed by atoms with E-state index in [0.717, 1.165) is 11.1 Å². The second-order valence-electron chi connectivity index (χ2n) is 7.02. The van der Waals surface area contributed by atoms with Gasteiger partial charge in [-0.2, -0.15) is 0 Å². The molecule has 8 heteroatoms. The Morgan fingerprint density at radius 3 is 2.48 bits per heavy atom. The van der Waals surface area contributed by atoms with Gasteiger partial charge in [0.2, 0.25) is 5.78 Å². The molecule has 0 aromatic heterocycles. The Kier molecular flexibility index (Phi) is 5.57. The van der Waals surface area contributed by atoms with Crippen LogP contribution in [0, 0.1) is 13.8 Å². The van der Waals surface area contributed by atoms with Crippen LogP contribution in [0.15, 0.2) is 52.4 Å². The van der Waals surface area contributed by atoms with E-state index in [9.17, 15) is 18.0 Å². The molecule has 152 valence electrons. The normalized spacial score (nSPS) is 17.9. The minimum absolute atomic E-state index is 0.0820. The van der Waals surface area contributed by atoms with Crippen LogP contribution in [0.25, 0.3) is 0 Å². The first-order valence-corrected chi connectivity index (χ1v) is 10.6. The van der Waals surface area contributed by atoms with Crippen molar-refractivity contribution in [1.82, 2.24) is 4.72 Å². The van der Waals surface area contributed by atoms with Gasteiger partial charge in [-0.25, -0.2) is 13.2 Å². The Labute approximate surface area is 169 Å². The Morgan fingerprint density at radius 1 is 1.07 bits per heavy atom. The van der Waals surface area contributed by atoms with Crippen molar-refractivity contribution in [1.29, 1.82) is 0 Å². The monoisotopic (exact) mass is 414 g/mol. The molecule has 1 heterocycles. The zero-order valence-electron chi connectivity index (χ0n) is 16.6. The average molecular weight is 414 g/mol. The molecule has 7 nitrogen and oxygen atoms in total. The summed E-state index contributed by atoms with van der Waals surface area (Å²) in [6.45, 7) is 6.69. The van der Waals surface area contributed by atoms with Gasteiger partial charge in [0.25, 0.3) is 10.0 Å². The highest BCUT2D eigenvalue weighted by atomic mass is 32.2. The summed E-state index contributed by atoms with van der Waals surface area (Å²) in [4.78, 5) is 29.4. The molecule has 0 spiro atoms. The Bertz CT molecular complexity index is 1120. The molecular weight excluding hydrogens is 392 g/mol. The SMILES string of the molecule is Cc1ccc(C)c(C(=O)[C@@H](C)OC(=O)[C@H](C)N=C2NS(=O)(=O)c3ccccc32)c1. The zero-order valence-corrected chi connectivity index (χ0v) is 17.4. The third-order valence-electron chi connectivity index (χ3n) is 4.65. The Balaban J connectivity index is 1.75. The molecule has 1 aliphatic heterocycles. The minimum atomic E-state index is -3.69. The van der Waals surface area contributed by atoms with Crippen molar-refractivity contribution in [3.63, 3.8) is 0 Å². The van der Waals surface area contributed by atoms with E-state index in [2.05, 4.69) is 9.71 Å². The molecule has 1 N–H and O–H groups in total. The molecule has 3 rings (SSSR count). The minimum Gasteiger partial charge on any atom is -0.453 e. The Hall–Kier alpha value is -3.00. The van der Waals surface area contributed by atoms with Crippen LogP contribution < -0.4 is 4.72 Å². The number of carbonyl (C=O) groups is 2. The third kappa shape index (κ3) is 4.22. The van der Waals surface area contributed by atoms with Crippen molar-refractivity contribution in [2.75, 3.05) is 0 Å². The fourth-order valence-electron chi connectivity index (χ4n) is 3.02. The van der Waals surface area contributed by atoms with Crippen LogP contribution in [0.3, 0.4) is 0 Å². The van der Waals surface area contributed by atoms with Crippen LogP contribution in [0.1, 0.15) is 40.9 Å². The number of aryl methyl sites for hydroxylation is 2. The number of Topliss-reactive ketones (excluding diaryl/α,β-unsaturated/α-hetero) is 1. The number of benzene rings is 2. The zero-order chi connectivity index (χ0) is 21.3. The molecule has 0 saturated heterocycles. The summed E-state index contributed by atoms with van der Waals surface area (Å²) in [6.07, 6.45) is -0.988. The van der Waals surface area contributed by atoms with Crippen molar-refractivity contribution >= 4 is 27.6 Å². The maximum atomic E-state index is 12.7. The van der Waals surface area contributed by atoms with Gasteiger partial charge in [0.1, 0.15) is 11.9 Å². The first-order valence-electron chi connectivity index (χ1n) is 9.12. The quantitative estimate of drug-likeness (QED) is 0.598. The number of esters is 1. The maximum absolute atomic E-state index is 12.7. The molecule has 2 atom stereocenters. The summed E-state index contributed by atoms with van der Waals surface area (Å²) < 4.78 is 31.9. The highest BCUT2D eigenvalue weighted by molar-refractivity contribution is 7.90. The summed E-state index contributed by atoms with van der Waals surface area (Å²) >= 11 is 0. The second kappa shape index (κ2) is 7.79. The number of hydrogen-bond donors (Lipinski definition) is 1. The van der Waals surface area contributed by atoms with Crippen LogP contribution in [0.2, 0.25) is 0 Å². The molecule has 0 amide bonds. The Morgan fingerprint density at radius 2 is 1.76 bits per heavy atom. The lowest BCUT2D eigenvalue weighted by Crippen LogP contribution is -2.31. The smallest absolute Gasteiger partial charge is 0.331 e. The van der Waals surface area contributed by atoms with E-state index in [-0.39, 0.29) is 16.5 Å². The van der Waals surface area contributed by atoms with Crippen LogP contribution >= 0.6 is 0 Å². The van der Waals surface area contributed by atoms with Gasteiger partial charge >= 0.3 is 5.97 Å². The molecular formula is C21H22N2O5S. The lowest BCUT2D eigenvalue weighted by Gasteiger charge is -2.16. The molecule has 0 saturated carbocycles. The van der Waals surface area contributed by atoms with Gasteiger partial charge in [-0.15, -0.1) is 0 Å². The molecule has 0 bridgehead atoms. The van der Waals surface area contributed by atoms with Crippen molar-refractivity contribution in [3.8, 4) is 0 Å². The van der Waals surface area contributed by atoms with Gasteiger partial charge in [-0.1, -0.05) is 29.8 Å². The van der Waals surface area contributed by atoms with Crippen LogP contribution in [0.5, 0.6) is 0 Å². The van der Waals surface area contributed by atoms with Gasteiger partial charge in [0.05, 0.1) is 4.90 Å². The van der Waals surface area contributed by atoms with Crippen LogP contribution in [-0.2, 0) is 19.6 Å². The largest absolute Gasteiger partial charge is 0.453 e. The fourth-order valence-corrected chi connectivity index (χ4v) is 4.26. The number of hydrogen-bond acceptors (Lipinski definition) is 6. The van der Waals surface area contributed by atoms with E-state index in [1.807, 2.05) is 26.0 Å². The molecule has 0 aliphatic carbocycles. The highest BCUT2D eigenvalue weighted by Crippen LogP contribution is 2.23. The average Bonchev–Trinajstić information content (AvgIpc) is 2.93. The summed E-state index contributed by atoms with van der Waals surface area (Å²) in [5, 5.41) is 0. The van der Waals surface area contributed by atoms with Gasteiger partial charge in [0.15, 0.2) is 6.10 Å². The van der Waals surface area contributed by atoms with E-state index in [4.69, 9.17) is 4.74 Å². The van der Waals surface area contributed by atoms with E-state index in [0.29, 0.717) is 11.1 Å². The number of ketones is 1. The first-order chi connectivity index (χ1) is 13.6. The van der Waals surface area contributed by atoms with E-state index < -0.39 is 28.1 Å². The molecule has 1 aliphatic rings. The van der Waals surface area contributed by atoms with Crippen molar-refractivity contribution in [2.24, 2.45) is 4.99 Å². The van der Waals surface area contributed by atoms with Crippen molar-refractivity contribution in [2.45, 2.75) is 44.7 Å². The topological polar surface area (TPSA) is 102 Å². The number of rotatable bonds is 5. The number of nitrogens with zero attached hydrogens (tertiary/aromatic N) is 1. The molecule has 29 heavy (non-hydrogen) atoms. The first kappa shape index (κ1) is 20.7. The number of fused-ring (bicyclic) bond motifs is 1. The summed E-state index contributed by atoms with van der Waals surface area (Å²) in [5.74, 6) is -0.933. The van der Waals surface area contributed by atoms with Gasteiger partial charge in [-0.3, -0.25) is 14.5 Å². The lowest BCUT2D eigenvalue weighted by molar-refractivity contribution is -0.147. The number of sulfonamides is 1. The van der Waals surface area contributed by atoms with Crippen molar-refractivity contribution < 1.29 is 22.7 Å². The molecule has 0 radical (unpaired) electrons.